The first-order valence-corrected chi connectivity index (χ1v) is 9.15. The van der Waals surface area contributed by atoms with Crippen molar-refractivity contribution in [2.75, 3.05) is 11.5 Å². The van der Waals surface area contributed by atoms with Crippen molar-refractivity contribution < 1.29 is 19.8 Å². The van der Waals surface area contributed by atoms with Crippen LogP contribution in [0.5, 0.6) is 0 Å². The fourth-order valence-corrected chi connectivity index (χ4v) is 3.45. The zero-order valence-electron chi connectivity index (χ0n) is 12.7. The molecule has 0 saturated heterocycles. The topological polar surface area (TPSA) is 100 Å². The highest BCUT2D eigenvalue weighted by molar-refractivity contribution is 7.99. The van der Waals surface area contributed by atoms with E-state index in [0.717, 1.165) is 11.3 Å². The van der Waals surface area contributed by atoms with E-state index in [-0.39, 0.29) is 12.8 Å². The Labute approximate surface area is 147 Å². The lowest BCUT2D eigenvalue weighted by molar-refractivity contribution is -0.137. The molecule has 8 heteroatoms. The van der Waals surface area contributed by atoms with E-state index in [4.69, 9.17) is 10.2 Å². The Morgan fingerprint density at radius 1 is 0.917 bits per heavy atom. The van der Waals surface area contributed by atoms with Gasteiger partial charge in [-0.05, 0) is 6.07 Å². The van der Waals surface area contributed by atoms with E-state index >= 15 is 0 Å². The molecule has 2 N–H and O–H groups in total. The highest BCUT2D eigenvalue weighted by Crippen LogP contribution is 2.27. The van der Waals surface area contributed by atoms with E-state index < -0.39 is 11.9 Å². The molecule has 24 heavy (non-hydrogen) atoms. The molecule has 0 aliphatic heterocycles. The Morgan fingerprint density at radius 2 is 1.54 bits per heavy atom. The lowest BCUT2D eigenvalue weighted by atomic mass is 10.1. The summed E-state index contributed by atoms with van der Waals surface area (Å²) in [6.07, 6.45) is 0.0852. The van der Waals surface area contributed by atoms with Crippen molar-refractivity contribution in [1.29, 1.82) is 0 Å². The van der Waals surface area contributed by atoms with Crippen LogP contribution in [-0.4, -0.2) is 43.6 Å². The minimum Gasteiger partial charge on any atom is -0.481 e. The van der Waals surface area contributed by atoms with Crippen LogP contribution in [0.1, 0.15) is 12.8 Å². The molecule has 0 saturated carbocycles. The monoisotopic (exact) mass is 364 g/mol. The summed E-state index contributed by atoms with van der Waals surface area (Å²) in [7, 11) is 0. The number of hydrogen-bond acceptors (Lipinski definition) is 6. The Morgan fingerprint density at radius 3 is 2.17 bits per heavy atom. The minimum atomic E-state index is -0.863. The molecule has 0 spiro atoms. The third kappa shape index (κ3) is 6.21. The second kappa shape index (κ2) is 9.29. The Bertz CT molecular complexity index is 672. The van der Waals surface area contributed by atoms with Gasteiger partial charge in [0.05, 0.1) is 18.5 Å². The highest BCUT2D eigenvalue weighted by Gasteiger charge is 2.09. The van der Waals surface area contributed by atoms with E-state index in [0.29, 0.717) is 21.7 Å². The smallest absolute Gasteiger partial charge is 0.304 e. The van der Waals surface area contributed by atoms with Gasteiger partial charge in [-0.15, -0.1) is 11.8 Å². The molecule has 2 aromatic rings. The number of aliphatic carboxylic acids is 2. The summed E-state index contributed by atoms with van der Waals surface area (Å²) >= 11 is 2.63. The first kappa shape index (κ1) is 18.3. The minimum absolute atomic E-state index is 0.0328. The lowest BCUT2D eigenvalue weighted by Crippen LogP contribution is -1.99. The number of hydrogen-bond donors (Lipinski definition) is 2. The summed E-state index contributed by atoms with van der Waals surface area (Å²) in [4.78, 5) is 30.1. The van der Waals surface area contributed by atoms with Gasteiger partial charge in [0.25, 0.3) is 0 Å². The van der Waals surface area contributed by atoms with Gasteiger partial charge in [-0.25, -0.2) is 9.97 Å². The van der Waals surface area contributed by atoms with Crippen molar-refractivity contribution in [3.63, 3.8) is 0 Å². The van der Waals surface area contributed by atoms with Crippen LogP contribution < -0.4 is 0 Å². The van der Waals surface area contributed by atoms with Gasteiger partial charge >= 0.3 is 11.9 Å². The van der Waals surface area contributed by atoms with Gasteiger partial charge in [-0.3, -0.25) is 9.59 Å². The summed E-state index contributed by atoms with van der Waals surface area (Å²) < 4.78 is 0. The average Bonchev–Trinajstić information content (AvgIpc) is 2.55. The van der Waals surface area contributed by atoms with Gasteiger partial charge in [0.1, 0.15) is 5.03 Å². The van der Waals surface area contributed by atoms with Crippen LogP contribution in [0.3, 0.4) is 0 Å². The van der Waals surface area contributed by atoms with Crippen LogP contribution in [0.25, 0.3) is 11.3 Å². The van der Waals surface area contributed by atoms with E-state index in [2.05, 4.69) is 9.97 Å². The van der Waals surface area contributed by atoms with Crippen molar-refractivity contribution in [3.8, 4) is 11.3 Å². The van der Waals surface area contributed by atoms with Gasteiger partial charge in [0.2, 0.25) is 0 Å². The maximum absolute atomic E-state index is 10.6. The molecule has 0 bridgehead atoms. The molecule has 1 aromatic heterocycles. The van der Waals surface area contributed by atoms with Gasteiger partial charge in [-0.2, -0.15) is 0 Å². The third-order valence-corrected chi connectivity index (χ3v) is 4.63. The fourth-order valence-electron chi connectivity index (χ4n) is 1.77. The van der Waals surface area contributed by atoms with Crippen LogP contribution >= 0.6 is 23.5 Å². The largest absolute Gasteiger partial charge is 0.481 e. The lowest BCUT2D eigenvalue weighted by Gasteiger charge is -2.07. The molecular formula is C16H16N2O4S2. The molecule has 0 unspecified atom stereocenters. The zero-order valence-corrected chi connectivity index (χ0v) is 14.3. The summed E-state index contributed by atoms with van der Waals surface area (Å²) in [6, 6.07) is 11.4. The normalized spacial score (nSPS) is 10.5. The van der Waals surface area contributed by atoms with Crippen LogP contribution in [0.15, 0.2) is 46.6 Å². The predicted octanol–water partition coefficient (Wildman–Crippen LogP) is 3.28. The van der Waals surface area contributed by atoms with Gasteiger partial charge in [0, 0.05) is 17.1 Å². The first-order valence-electron chi connectivity index (χ1n) is 7.18. The number of aromatic nitrogens is 2. The van der Waals surface area contributed by atoms with Gasteiger partial charge < -0.3 is 10.2 Å². The molecule has 1 heterocycles. The summed E-state index contributed by atoms with van der Waals surface area (Å²) in [6.45, 7) is 0. The highest BCUT2D eigenvalue weighted by atomic mass is 32.2. The first-order chi connectivity index (χ1) is 11.5. The second-order valence-electron chi connectivity index (χ2n) is 4.72. The van der Waals surface area contributed by atoms with E-state index in [1.807, 2.05) is 36.4 Å². The summed E-state index contributed by atoms with van der Waals surface area (Å²) in [5, 5.41) is 18.7. The summed E-state index contributed by atoms with van der Waals surface area (Å²) in [5.41, 5.74) is 1.67. The number of nitrogens with zero attached hydrogens (tertiary/aromatic N) is 2. The Hall–Kier alpha value is -2.06. The number of carboxylic acids is 2. The molecule has 0 atom stereocenters. The molecule has 0 radical (unpaired) electrons. The van der Waals surface area contributed by atoms with E-state index in [1.165, 1.54) is 23.5 Å². The molecule has 0 amide bonds. The average molecular weight is 364 g/mol. The van der Waals surface area contributed by atoms with Crippen molar-refractivity contribution in [2.24, 2.45) is 0 Å². The Kier molecular flexibility index (Phi) is 7.07. The molecule has 0 aliphatic rings. The van der Waals surface area contributed by atoms with Gasteiger partial charge in [-0.1, -0.05) is 42.1 Å². The number of carbonyl (C=O) groups is 2. The number of carboxylic acid groups (broad SMARTS) is 2. The molecule has 2 rings (SSSR count). The van der Waals surface area contributed by atoms with Crippen molar-refractivity contribution in [2.45, 2.75) is 23.0 Å². The molecular weight excluding hydrogens is 348 g/mol. The van der Waals surface area contributed by atoms with Crippen molar-refractivity contribution in [1.82, 2.24) is 9.97 Å². The van der Waals surface area contributed by atoms with Gasteiger partial charge in [0.15, 0.2) is 5.16 Å². The molecule has 126 valence electrons. The van der Waals surface area contributed by atoms with Crippen LogP contribution in [0.2, 0.25) is 0 Å². The van der Waals surface area contributed by atoms with Crippen LogP contribution in [-0.2, 0) is 9.59 Å². The molecule has 0 aliphatic carbocycles. The predicted molar refractivity (Wildman–Crippen MR) is 93.4 cm³/mol. The van der Waals surface area contributed by atoms with Crippen LogP contribution in [0.4, 0.5) is 0 Å². The third-order valence-electron chi connectivity index (χ3n) is 2.86. The van der Waals surface area contributed by atoms with Crippen LogP contribution in [0, 0.1) is 0 Å². The zero-order chi connectivity index (χ0) is 17.4. The van der Waals surface area contributed by atoms with Crippen molar-refractivity contribution in [3.05, 3.63) is 36.4 Å². The maximum atomic E-state index is 10.6. The number of benzene rings is 1. The number of thioether (sulfide) groups is 2. The van der Waals surface area contributed by atoms with Crippen molar-refractivity contribution >= 4 is 35.5 Å². The number of rotatable bonds is 9. The SMILES string of the molecule is O=C(O)CCSc1cc(-c2ccccc2)nc(SCCC(=O)O)n1. The quantitative estimate of drug-likeness (QED) is 0.397. The maximum Gasteiger partial charge on any atom is 0.304 e. The molecule has 6 nitrogen and oxygen atoms in total. The van der Waals surface area contributed by atoms with E-state index in [1.54, 1.807) is 0 Å². The molecule has 0 fully saturated rings. The second-order valence-corrected chi connectivity index (χ2v) is 6.90. The molecule has 1 aromatic carbocycles. The van der Waals surface area contributed by atoms with E-state index in [9.17, 15) is 9.59 Å². The summed E-state index contributed by atoms with van der Waals surface area (Å²) in [5.74, 6) is -0.916. The standard InChI is InChI=1S/C16H16N2O4S2/c19-14(20)6-8-23-13-10-12(11-4-2-1-3-5-11)17-16(18-13)24-9-7-15(21)22/h1-5,10H,6-9H2,(H,19,20)(H,21,22). The Balaban J connectivity index is 2.18. The fraction of sp³-hybridized carbons (Fsp3) is 0.250.